The highest BCUT2D eigenvalue weighted by Crippen LogP contribution is 2.11. The number of carbonyl (C=O) groups is 3. The van der Waals surface area contributed by atoms with E-state index in [0.717, 1.165) is 37.7 Å². The van der Waals surface area contributed by atoms with Gasteiger partial charge in [-0.25, -0.2) is 0 Å². The number of hydrogen-bond acceptors (Lipinski definition) is 3. The maximum atomic E-state index is 13.0. The summed E-state index contributed by atoms with van der Waals surface area (Å²) in [6, 6.07) is 15.1. The number of benzene rings is 2. The van der Waals surface area contributed by atoms with Crippen molar-refractivity contribution in [2.45, 2.75) is 52.9 Å². The number of unbranched alkanes of at least 4 members (excludes halogenated alkanes) is 2. The Morgan fingerprint density at radius 1 is 0.844 bits per heavy atom. The van der Waals surface area contributed by atoms with Crippen LogP contribution in [0.3, 0.4) is 0 Å². The van der Waals surface area contributed by atoms with Gasteiger partial charge in [0.1, 0.15) is 0 Å². The summed E-state index contributed by atoms with van der Waals surface area (Å²) < 4.78 is 0. The van der Waals surface area contributed by atoms with Crippen molar-refractivity contribution in [3.8, 4) is 0 Å². The molecular formula is C26H35N3O3. The fraction of sp³-hybridized carbons (Fsp3) is 0.423. The van der Waals surface area contributed by atoms with Crippen LogP contribution in [-0.4, -0.2) is 42.3 Å². The second-order valence-corrected chi connectivity index (χ2v) is 8.07. The standard InChI is InChI=1S/C26H35N3O3/c1-4-6-8-21-11-13-22(14-12-21)26(32)29(17-7-5-2)19-25(31)27-18-24(30)28-23-15-9-20(3)10-16-23/h9-16H,4-8,17-19H2,1-3H3,(H,27,31)(H,28,30). The molecule has 0 radical (unpaired) electrons. The van der Waals surface area contributed by atoms with Crippen LogP contribution in [0, 0.1) is 6.92 Å². The van der Waals surface area contributed by atoms with Gasteiger partial charge >= 0.3 is 0 Å². The zero-order valence-corrected chi connectivity index (χ0v) is 19.4. The largest absolute Gasteiger partial charge is 0.345 e. The molecule has 0 aliphatic carbocycles. The Balaban J connectivity index is 1.90. The molecule has 6 nitrogen and oxygen atoms in total. The molecule has 0 bridgehead atoms. The van der Waals surface area contributed by atoms with Crippen molar-refractivity contribution < 1.29 is 14.4 Å². The predicted molar refractivity (Wildman–Crippen MR) is 129 cm³/mol. The van der Waals surface area contributed by atoms with E-state index in [1.54, 1.807) is 4.90 Å². The van der Waals surface area contributed by atoms with E-state index in [1.807, 2.05) is 62.4 Å². The van der Waals surface area contributed by atoms with Crippen LogP contribution < -0.4 is 10.6 Å². The summed E-state index contributed by atoms with van der Waals surface area (Å²) in [6.07, 6.45) is 4.97. The zero-order valence-electron chi connectivity index (χ0n) is 19.4. The minimum absolute atomic E-state index is 0.0752. The van der Waals surface area contributed by atoms with Crippen molar-refractivity contribution in [1.82, 2.24) is 10.2 Å². The summed E-state index contributed by atoms with van der Waals surface area (Å²) in [4.78, 5) is 39.1. The van der Waals surface area contributed by atoms with Crippen LogP contribution in [-0.2, 0) is 16.0 Å². The molecule has 3 amide bonds. The SMILES string of the molecule is CCCCc1ccc(C(=O)N(CCCC)CC(=O)NCC(=O)Nc2ccc(C)cc2)cc1. The Bertz CT molecular complexity index is 876. The van der Waals surface area contributed by atoms with Gasteiger partial charge in [0, 0.05) is 17.8 Å². The Morgan fingerprint density at radius 3 is 2.12 bits per heavy atom. The first-order valence-corrected chi connectivity index (χ1v) is 11.4. The van der Waals surface area contributed by atoms with Gasteiger partial charge in [0.15, 0.2) is 0 Å². The second kappa shape index (κ2) is 13.3. The Labute approximate surface area is 191 Å². The van der Waals surface area contributed by atoms with Crippen LogP contribution in [0.25, 0.3) is 0 Å². The topological polar surface area (TPSA) is 78.5 Å². The Hall–Kier alpha value is -3.15. The van der Waals surface area contributed by atoms with E-state index in [-0.39, 0.29) is 30.8 Å². The molecular weight excluding hydrogens is 402 g/mol. The number of nitrogens with zero attached hydrogens (tertiary/aromatic N) is 1. The lowest BCUT2D eigenvalue weighted by Gasteiger charge is -2.22. The molecule has 0 saturated heterocycles. The number of aryl methyl sites for hydroxylation is 2. The Morgan fingerprint density at radius 2 is 1.50 bits per heavy atom. The molecule has 172 valence electrons. The van der Waals surface area contributed by atoms with Crippen LogP contribution in [0.15, 0.2) is 48.5 Å². The number of anilines is 1. The molecule has 0 spiro atoms. The molecule has 2 aromatic rings. The molecule has 2 aromatic carbocycles. The molecule has 0 aromatic heterocycles. The van der Waals surface area contributed by atoms with Crippen LogP contribution >= 0.6 is 0 Å². The molecule has 6 heteroatoms. The van der Waals surface area contributed by atoms with Crippen molar-refractivity contribution in [3.05, 3.63) is 65.2 Å². The minimum atomic E-state index is -0.354. The van der Waals surface area contributed by atoms with E-state index in [2.05, 4.69) is 17.6 Å². The number of nitrogens with one attached hydrogen (secondary N) is 2. The monoisotopic (exact) mass is 437 g/mol. The molecule has 0 saturated carbocycles. The maximum Gasteiger partial charge on any atom is 0.254 e. The summed E-state index contributed by atoms with van der Waals surface area (Å²) in [6.45, 7) is 6.44. The summed E-state index contributed by atoms with van der Waals surface area (Å²) in [5, 5.41) is 5.36. The first-order chi connectivity index (χ1) is 15.4. The number of rotatable bonds is 12. The smallest absolute Gasteiger partial charge is 0.254 e. The summed E-state index contributed by atoms with van der Waals surface area (Å²) in [7, 11) is 0. The average Bonchev–Trinajstić information content (AvgIpc) is 2.80. The van der Waals surface area contributed by atoms with Gasteiger partial charge < -0.3 is 15.5 Å². The zero-order chi connectivity index (χ0) is 23.3. The van der Waals surface area contributed by atoms with Gasteiger partial charge in [-0.2, -0.15) is 0 Å². The highest BCUT2D eigenvalue weighted by molar-refractivity contribution is 5.98. The average molecular weight is 438 g/mol. The molecule has 32 heavy (non-hydrogen) atoms. The van der Waals surface area contributed by atoms with Crippen molar-refractivity contribution in [2.75, 3.05) is 25.0 Å². The highest BCUT2D eigenvalue weighted by Gasteiger charge is 2.19. The van der Waals surface area contributed by atoms with Crippen LogP contribution in [0.2, 0.25) is 0 Å². The van der Waals surface area contributed by atoms with Gasteiger partial charge in [-0.05, 0) is 56.0 Å². The fourth-order valence-electron chi connectivity index (χ4n) is 3.23. The van der Waals surface area contributed by atoms with E-state index in [9.17, 15) is 14.4 Å². The number of hydrogen-bond donors (Lipinski definition) is 2. The third-order valence-corrected chi connectivity index (χ3v) is 5.20. The lowest BCUT2D eigenvalue weighted by atomic mass is 10.1. The highest BCUT2D eigenvalue weighted by atomic mass is 16.2. The van der Waals surface area contributed by atoms with Crippen LogP contribution in [0.5, 0.6) is 0 Å². The predicted octanol–water partition coefficient (Wildman–Crippen LogP) is 4.33. The van der Waals surface area contributed by atoms with Crippen molar-refractivity contribution in [3.63, 3.8) is 0 Å². The normalized spacial score (nSPS) is 10.5. The van der Waals surface area contributed by atoms with Crippen molar-refractivity contribution in [1.29, 1.82) is 0 Å². The Kier molecular flexibility index (Phi) is 10.4. The van der Waals surface area contributed by atoms with Crippen molar-refractivity contribution >= 4 is 23.4 Å². The van der Waals surface area contributed by atoms with Gasteiger partial charge in [-0.3, -0.25) is 14.4 Å². The lowest BCUT2D eigenvalue weighted by molar-refractivity contribution is -0.124. The molecule has 0 aliphatic heterocycles. The van der Waals surface area contributed by atoms with E-state index in [1.165, 1.54) is 5.56 Å². The molecule has 2 rings (SSSR count). The van der Waals surface area contributed by atoms with E-state index < -0.39 is 0 Å². The van der Waals surface area contributed by atoms with Crippen LogP contribution in [0.1, 0.15) is 61.0 Å². The summed E-state index contributed by atoms with van der Waals surface area (Å²) in [5.41, 5.74) is 3.56. The first kappa shape index (κ1) is 25.1. The van der Waals surface area contributed by atoms with E-state index in [4.69, 9.17) is 0 Å². The first-order valence-electron chi connectivity index (χ1n) is 11.4. The summed E-state index contributed by atoms with van der Waals surface area (Å²) in [5.74, 6) is -0.830. The molecule has 2 N–H and O–H groups in total. The fourth-order valence-corrected chi connectivity index (χ4v) is 3.23. The van der Waals surface area contributed by atoms with Gasteiger partial charge in [0.25, 0.3) is 5.91 Å². The van der Waals surface area contributed by atoms with Gasteiger partial charge in [-0.1, -0.05) is 56.5 Å². The summed E-state index contributed by atoms with van der Waals surface area (Å²) >= 11 is 0. The van der Waals surface area contributed by atoms with Gasteiger partial charge in [-0.15, -0.1) is 0 Å². The quantitative estimate of drug-likeness (QED) is 0.519. The second-order valence-electron chi connectivity index (χ2n) is 8.07. The van der Waals surface area contributed by atoms with Crippen LogP contribution in [0.4, 0.5) is 5.69 Å². The molecule has 0 fully saturated rings. The lowest BCUT2D eigenvalue weighted by Crippen LogP contribution is -2.43. The third kappa shape index (κ3) is 8.53. The van der Waals surface area contributed by atoms with Gasteiger partial charge in [0.2, 0.25) is 11.8 Å². The molecule has 0 unspecified atom stereocenters. The number of amides is 3. The third-order valence-electron chi connectivity index (χ3n) is 5.20. The molecule has 0 heterocycles. The van der Waals surface area contributed by atoms with Crippen molar-refractivity contribution in [2.24, 2.45) is 0 Å². The minimum Gasteiger partial charge on any atom is -0.345 e. The molecule has 0 atom stereocenters. The maximum absolute atomic E-state index is 13.0. The van der Waals surface area contributed by atoms with E-state index >= 15 is 0 Å². The van der Waals surface area contributed by atoms with E-state index in [0.29, 0.717) is 17.8 Å². The van der Waals surface area contributed by atoms with Gasteiger partial charge in [0.05, 0.1) is 13.1 Å². The number of carbonyl (C=O) groups excluding carboxylic acids is 3. The molecule has 0 aliphatic rings.